The SMILES string of the molecule is Cc1cc(Br)c2nc(N(C)C)cc(-c3ccccc3)c2c1. The van der Waals surface area contributed by atoms with Gasteiger partial charge in [0.05, 0.1) is 5.52 Å². The Hall–Kier alpha value is -1.87. The van der Waals surface area contributed by atoms with E-state index < -0.39 is 0 Å². The molecule has 3 rings (SSSR count). The van der Waals surface area contributed by atoms with E-state index in [0.717, 1.165) is 15.8 Å². The predicted octanol–water partition coefficient (Wildman–Crippen LogP) is 5.04. The summed E-state index contributed by atoms with van der Waals surface area (Å²) in [6, 6.07) is 16.9. The summed E-state index contributed by atoms with van der Waals surface area (Å²) in [5.74, 6) is 0.964. The highest BCUT2D eigenvalue weighted by molar-refractivity contribution is 9.10. The first-order chi connectivity index (χ1) is 10.1. The molecule has 0 unspecified atom stereocenters. The fourth-order valence-corrected chi connectivity index (χ4v) is 3.16. The van der Waals surface area contributed by atoms with Crippen molar-refractivity contribution in [2.45, 2.75) is 6.92 Å². The third-order valence-electron chi connectivity index (χ3n) is 3.54. The Bertz CT molecular complexity index is 795. The number of anilines is 1. The van der Waals surface area contributed by atoms with Crippen molar-refractivity contribution in [2.75, 3.05) is 19.0 Å². The van der Waals surface area contributed by atoms with E-state index in [2.05, 4.69) is 65.3 Å². The highest BCUT2D eigenvalue weighted by Crippen LogP contribution is 2.34. The number of fused-ring (bicyclic) bond motifs is 1. The summed E-state index contributed by atoms with van der Waals surface area (Å²) >= 11 is 3.66. The average Bonchev–Trinajstić information content (AvgIpc) is 2.47. The molecule has 0 atom stereocenters. The molecule has 2 nitrogen and oxygen atoms in total. The van der Waals surface area contributed by atoms with Gasteiger partial charge in [0.2, 0.25) is 0 Å². The van der Waals surface area contributed by atoms with Gasteiger partial charge in [-0.15, -0.1) is 0 Å². The van der Waals surface area contributed by atoms with Crippen molar-refractivity contribution in [3.05, 3.63) is 58.6 Å². The van der Waals surface area contributed by atoms with Crippen LogP contribution in [0.5, 0.6) is 0 Å². The van der Waals surface area contributed by atoms with E-state index in [1.807, 2.05) is 25.1 Å². The van der Waals surface area contributed by atoms with E-state index in [-0.39, 0.29) is 0 Å². The quantitative estimate of drug-likeness (QED) is 0.649. The van der Waals surface area contributed by atoms with E-state index in [4.69, 9.17) is 4.98 Å². The van der Waals surface area contributed by atoms with Crippen LogP contribution in [0, 0.1) is 6.92 Å². The van der Waals surface area contributed by atoms with Gasteiger partial charge in [0.1, 0.15) is 5.82 Å². The lowest BCUT2D eigenvalue weighted by atomic mass is 9.99. The van der Waals surface area contributed by atoms with Crippen LogP contribution in [0.15, 0.2) is 53.0 Å². The van der Waals surface area contributed by atoms with E-state index in [0.29, 0.717) is 0 Å². The van der Waals surface area contributed by atoms with Crippen molar-refractivity contribution >= 4 is 32.7 Å². The molecule has 21 heavy (non-hydrogen) atoms. The molecule has 0 saturated carbocycles. The Morgan fingerprint density at radius 1 is 1.00 bits per heavy atom. The second-order valence-electron chi connectivity index (χ2n) is 5.43. The first-order valence-electron chi connectivity index (χ1n) is 6.90. The molecule has 0 N–H and O–H groups in total. The summed E-state index contributed by atoms with van der Waals surface area (Å²) in [7, 11) is 4.04. The summed E-state index contributed by atoms with van der Waals surface area (Å²) in [5.41, 5.74) is 4.66. The second-order valence-corrected chi connectivity index (χ2v) is 6.29. The zero-order chi connectivity index (χ0) is 15.0. The van der Waals surface area contributed by atoms with E-state index in [9.17, 15) is 0 Å². The minimum atomic E-state index is 0.964. The molecule has 1 aromatic heterocycles. The molecule has 3 aromatic rings. The van der Waals surface area contributed by atoms with Gasteiger partial charge in [-0.05, 0) is 57.7 Å². The number of aromatic nitrogens is 1. The second kappa shape index (κ2) is 5.49. The van der Waals surface area contributed by atoms with E-state index in [1.165, 1.54) is 22.1 Å². The average molecular weight is 341 g/mol. The Morgan fingerprint density at radius 2 is 1.71 bits per heavy atom. The number of nitrogens with zero attached hydrogens (tertiary/aromatic N) is 2. The molecule has 106 valence electrons. The van der Waals surface area contributed by atoms with Crippen molar-refractivity contribution in [1.29, 1.82) is 0 Å². The molecule has 0 radical (unpaired) electrons. The van der Waals surface area contributed by atoms with Gasteiger partial charge in [-0.2, -0.15) is 0 Å². The highest BCUT2D eigenvalue weighted by Gasteiger charge is 2.12. The minimum absolute atomic E-state index is 0.964. The molecule has 0 saturated heterocycles. The van der Waals surface area contributed by atoms with Crippen molar-refractivity contribution in [2.24, 2.45) is 0 Å². The number of hydrogen-bond donors (Lipinski definition) is 0. The van der Waals surface area contributed by atoms with Crippen molar-refractivity contribution in [3.8, 4) is 11.1 Å². The lowest BCUT2D eigenvalue weighted by Gasteiger charge is -2.16. The van der Waals surface area contributed by atoms with Gasteiger partial charge in [0.15, 0.2) is 0 Å². The molecular weight excluding hydrogens is 324 g/mol. The summed E-state index contributed by atoms with van der Waals surface area (Å²) in [6.07, 6.45) is 0. The summed E-state index contributed by atoms with van der Waals surface area (Å²) in [6.45, 7) is 2.11. The molecule has 0 aliphatic rings. The van der Waals surface area contributed by atoms with Crippen LogP contribution in [0.25, 0.3) is 22.0 Å². The molecular formula is C18H17BrN2. The number of pyridine rings is 1. The zero-order valence-electron chi connectivity index (χ0n) is 12.4. The number of aryl methyl sites for hydroxylation is 1. The van der Waals surface area contributed by atoms with Crippen LogP contribution in [-0.4, -0.2) is 19.1 Å². The van der Waals surface area contributed by atoms with Gasteiger partial charge in [-0.3, -0.25) is 0 Å². The van der Waals surface area contributed by atoms with E-state index in [1.54, 1.807) is 0 Å². The van der Waals surface area contributed by atoms with Crippen molar-refractivity contribution in [3.63, 3.8) is 0 Å². The van der Waals surface area contributed by atoms with Gasteiger partial charge < -0.3 is 4.90 Å². The molecule has 0 bridgehead atoms. The van der Waals surface area contributed by atoms with Crippen LogP contribution in [0.2, 0.25) is 0 Å². The largest absolute Gasteiger partial charge is 0.363 e. The lowest BCUT2D eigenvalue weighted by Crippen LogP contribution is -2.11. The molecule has 0 fully saturated rings. The van der Waals surface area contributed by atoms with Crippen molar-refractivity contribution < 1.29 is 0 Å². The Morgan fingerprint density at radius 3 is 2.38 bits per heavy atom. The topological polar surface area (TPSA) is 16.1 Å². The molecule has 3 heteroatoms. The molecule has 2 aromatic carbocycles. The van der Waals surface area contributed by atoms with Crippen LogP contribution < -0.4 is 4.90 Å². The molecule has 0 aliphatic heterocycles. The fourth-order valence-electron chi connectivity index (χ4n) is 2.49. The van der Waals surface area contributed by atoms with Gasteiger partial charge in [-0.25, -0.2) is 4.98 Å². The summed E-state index contributed by atoms with van der Waals surface area (Å²) in [4.78, 5) is 6.82. The third kappa shape index (κ3) is 2.66. The molecule has 0 aliphatic carbocycles. The highest BCUT2D eigenvalue weighted by atomic mass is 79.9. The summed E-state index contributed by atoms with van der Waals surface area (Å²) in [5, 5.41) is 1.18. The van der Waals surface area contributed by atoms with Gasteiger partial charge in [0, 0.05) is 24.0 Å². The van der Waals surface area contributed by atoms with Crippen LogP contribution >= 0.6 is 15.9 Å². The van der Waals surface area contributed by atoms with Crippen molar-refractivity contribution in [1.82, 2.24) is 4.98 Å². The minimum Gasteiger partial charge on any atom is -0.363 e. The number of halogens is 1. The normalized spacial score (nSPS) is 10.9. The van der Waals surface area contributed by atoms with Crippen LogP contribution in [-0.2, 0) is 0 Å². The predicted molar refractivity (Wildman–Crippen MR) is 93.9 cm³/mol. The Kier molecular flexibility index (Phi) is 3.68. The molecule has 0 spiro atoms. The maximum atomic E-state index is 4.78. The first kappa shape index (κ1) is 14.1. The van der Waals surface area contributed by atoms with Crippen LogP contribution in [0.3, 0.4) is 0 Å². The van der Waals surface area contributed by atoms with Gasteiger partial charge in [0.25, 0.3) is 0 Å². The Balaban J connectivity index is 2.40. The van der Waals surface area contributed by atoms with Crippen LogP contribution in [0.4, 0.5) is 5.82 Å². The number of hydrogen-bond acceptors (Lipinski definition) is 2. The first-order valence-corrected chi connectivity index (χ1v) is 7.69. The molecule has 1 heterocycles. The smallest absolute Gasteiger partial charge is 0.129 e. The number of benzene rings is 2. The third-order valence-corrected chi connectivity index (χ3v) is 4.15. The van der Waals surface area contributed by atoms with Gasteiger partial charge >= 0.3 is 0 Å². The Labute approximate surface area is 133 Å². The standard InChI is InChI=1S/C18H17BrN2/c1-12-9-15-14(13-7-5-4-6-8-13)11-17(21(2)3)20-18(15)16(19)10-12/h4-11H,1-3H3. The fraction of sp³-hybridized carbons (Fsp3) is 0.167. The van der Waals surface area contributed by atoms with Gasteiger partial charge in [-0.1, -0.05) is 30.3 Å². The monoisotopic (exact) mass is 340 g/mol. The summed E-state index contributed by atoms with van der Waals surface area (Å²) < 4.78 is 1.04. The molecule has 0 amide bonds. The number of rotatable bonds is 2. The zero-order valence-corrected chi connectivity index (χ0v) is 14.0. The van der Waals surface area contributed by atoms with Crippen LogP contribution in [0.1, 0.15) is 5.56 Å². The maximum Gasteiger partial charge on any atom is 0.129 e. The lowest BCUT2D eigenvalue weighted by molar-refractivity contribution is 1.08. The van der Waals surface area contributed by atoms with E-state index >= 15 is 0 Å². The maximum absolute atomic E-state index is 4.78.